The number of guanidine groups is 1. The number of nitrogens with one attached hydrogen (secondary N) is 3. The maximum Gasteiger partial charge on any atom is 0.251 e. The molecule has 0 aliphatic rings. The Hall–Kier alpha value is -1.51. The minimum Gasteiger partial charge on any atom is -0.508 e. The maximum absolute atomic E-state index is 11.9. The number of halogens is 1. The first-order valence-electron chi connectivity index (χ1n) is 7.45. The molecule has 1 rings (SSSR count). The van der Waals surface area contributed by atoms with Gasteiger partial charge in [0, 0.05) is 24.2 Å². The summed E-state index contributed by atoms with van der Waals surface area (Å²) in [5.74, 6) is 0.697. The number of phenolic OH excluding ortho intramolecular Hbond substituents is 1. The number of aromatic hydroxyl groups is 1. The molecular formula is C16H27IN4O2. The van der Waals surface area contributed by atoms with Crippen LogP contribution in [0.25, 0.3) is 0 Å². The molecule has 1 aromatic rings. The van der Waals surface area contributed by atoms with Gasteiger partial charge in [-0.25, -0.2) is 0 Å². The van der Waals surface area contributed by atoms with Gasteiger partial charge in [0.05, 0.1) is 6.54 Å². The van der Waals surface area contributed by atoms with Gasteiger partial charge in [-0.1, -0.05) is 0 Å². The van der Waals surface area contributed by atoms with Crippen LogP contribution in [0, 0.1) is 0 Å². The van der Waals surface area contributed by atoms with Crippen molar-refractivity contribution in [1.29, 1.82) is 0 Å². The number of hydrogen-bond acceptors (Lipinski definition) is 3. The van der Waals surface area contributed by atoms with Crippen LogP contribution in [0.5, 0.6) is 5.75 Å². The van der Waals surface area contributed by atoms with Crippen LogP contribution in [0.4, 0.5) is 0 Å². The number of aliphatic imine (C=N–C) groups is 1. The normalized spacial score (nSPS) is 11.4. The van der Waals surface area contributed by atoms with E-state index in [2.05, 4.69) is 41.7 Å². The minimum atomic E-state index is -0.177. The van der Waals surface area contributed by atoms with Crippen LogP contribution < -0.4 is 16.0 Å². The largest absolute Gasteiger partial charge is 0.508 e. The lowest BCUT2D eigenvalue weighted by Crippen LogP contribution is -2.47. The fourth-order valence-electron chi connectivity index (χ4n) is 1.71. The van der Waals surface area contributed by atoms with E-state index in [1.165, 1.54) is 12.1 Å². The summed E-state index contributed by atoms with van der Waals surface area (Å²) >= 11 is 0. The molecule has 0 bridgehead atoms. The highest BCUT2D eigenvalue weighted by Gasteiger charge is 2.11. The molecule has 130 valence electrons. The first-order chi connectivity index (χ1) is 10.3. The van der Waals surface area contributed by atoms with Crippen molar-refractivity contribution >= 4 is 35.8 Å². The Morgan fingerprint density at radius 1 is 1.17 bits per heavy atom. The van der Waals surface area contributed by atoms with Gasteiger partial charge < -0.3 is 21.1 Å². The van der Waals surface area contributed by atoms with Gasteiger partial charge in [-0.05, 0) is 52.0 Å². The van der Waals surface area contributed by atoms with Gasteiger partial charge >= 0.3 is 0 Å². The molecular weight excluding hydrogens is 407 g/mol. The molecule has 0 unspecified atom stereocenters. The Balaban J connectivity index is 0.00000484. The zero-order valence-electron chi connectivity index (χ0n) is 14.1. The van der Waals surface area contributed by atoms with Crippen molar-refractivity contribution in [2.24, 2.45) is 4.99 Å². The van der Waals surface area contributed by atoms with Gasteiger partial charge in [0.25, 0.3) is 5.91 Å². The third-order valence-electron chi connectivity index (χ3n) is 2.63. The third kappa shape index (κ3) is 9.27. The summed E-state index contributed by atoms with van der Waals surface area (Å²) in [6.45, 7) is 9.90. The van der Waals surface area contributed by atoms with Crippen molar-refractivity contribution in [3.8, 4) is 5.75 Å². The molecule has 0 aliphatic heterocycles. The molecule has 0 spiro atoms. The van der Waals surface area contributed by atoms with E-state index in [0.717, 1.165) is 12.5 Å². The standard InChI is InChI=1S/C16H26N4O2.HI/c1-5-17-15(20-16(2,3)4)19-11-10-18-14(22)12-6-8-13(21)9-7-12;/h6-9,21H,5,10-11H2,1-4H3,(H,18,22)(H2,17,19,20);1H. The lowest BCUT2D eigenvalue weighted by molar-refractivity contribution is 0.0955. The van der Waals surface area contributed by atoms with Gasteiger partial charge in [0.2, 0.25) is 0 Å². The van der Waals surface area contributed by atoms with Gasteiger partial charge in [0.1, 0.15) is 5.75 Å². The van der Waals surface area contributed by atoms with Crippen LogP contribution in [0.3, 0.4) is 0 Å². The molecule has 7 heteroatoms. The van der Waals surface area contributed by atoms with Crippen LogP contribution in [-0.4, -0.2) is 42.1 Å². The Bertz CT molecular complexity index is 510. The summed E-state index contributed by atoms with van der Waals surface area (Å²) in [4.78, 5) is 16.3. The smallest absolute Gasteiger partial charge is 0.251 e. The highest BCUT2D eigenvalue weighted by molar-refractivity contribution is 14.0. The topological polar surface area (TPSA) is 85.8 Å². The number of nitrogens with zero attached hydrogens (tertiary/aromatic N) is 1. The highest BCUT2D eigenvalue weighted by atomic mass is 127. The lowest BCUT2D eigenvalue weighted by Gasteiger charge is -2.23. The van der Waals surface area contributed by atoms with E-state index in [1.54, 1.807) is 12.1 Å². The number of carbonyl (C=O) groups is 1. The fourth-order valence-corrected chi connectivity index (χ4v) is 1.71. The van der Waals surface area contributed by atoms with Crippen molar-refractivity contribution in [3.63, 3.8) is 0 Å². The second-order valence-electron chi connectivity index (χ2n) is 5.94. The molecule has 1 amide bonds. The minimum absolute atomic E-state index is 0. The number of carbonyl (C=O) groups excluding carboxylic acids is 1. The number of rotatable bonds is 5. The van der Waals surface area contributed by atoms with Gasteiger partial charge in [-0.3, -0.25) is 9.79 Å². The molecule has 0 heterocycles. The van der Waals surface area contributed by atoms with E-state index in [1.807, 2.05) is 6.92 Å². The van der Waals surface area contributed by atoms with Gasteiger partial charge in [-0.15, -0.1) is 24.0 Å². The first kappa shape index (κ1) is 21.5. The van der Waals surface area contributed by atoms with E-state index >= 15 is 0 Å². The van der Waals surface area contributed by atoms with E-state index < -0.39 is 0 Å². The second kappa shape index (κ2) is 10.3. The van der Waals surface area contributed by atoms with E-state index in [4.69, 9.17) is 0 Å². The first-order valence-corrected chi connectivity index (χ1v) is 7.45. The lowest BCUT2D eigenvalue weighted by atomic mass is 10.1. The number of amides is 1. The van der Waals surface area contributed by atoms with Crippen LogP contribution in [-0.2, 0) is 0 Å². The molecule has 0 aliphatic carbocycles. The molecule has 6 nitrogen and oxygen atoms in total. The zero-order valence-corrected chi connectivity index (χ0v) is 16.5. The Morgan fingerprint density at radius 2 is 1.78 bits per heavy atom. The van der Waals surface area contributed by atoms with Crippen LogP contribution in [0.2, 0.25) is 0 Å². The molecule has 1 aromatic carbocycles. The average Bonchev–Trinajstić information content (AvgIpc) is 2.42. The van der Waals surface area contributed by atoms with Crippen LogP contribution >= 0.6 is 24.0 Å². The molecule has 0 saturated heterocycles. The number of phenols is 1. The summed E-state index contributed by atoms with van der Waals surface area (Å²) in [5, 5.41) is 18.4. The van der Waals surface area contributed by atoms with Crippen molar-refractivity contribution in [1.82, 2.24) is 16.0 Å². The van der Waals surface area contributed by atoms with E-state index in [9.17, 15) is 9.90 Å². The maximum atomic E-state index is 11.9. The molecule has 0 fully saturated rings. The van der Waals surface area contributed by atoms with Crippen molar-refractivity contribution in [2.75, 3.05) is 19.6 Å². The number of hydrogen-bond donors (Lipinski definition) is 4. The van der Waals surface area contributed by atoms with Crippen molar-refractivity contribution < 1.29 is 9.90 Å². The van der Waals surface area contributed by atoms with Gasteiger partial charge in [-0.2, -0.15) is 0 Å². The molecule has 0 atom stereocenters. The second-order valence-corrected chi connectivity index (χ2v) is 5.94. The predicted molar refractivity (Wildman–Crippen MR) is 105 cm³/mol. The van der Waals surface area contributed by atoms with E-state index in [-0.39, 0.29) is 41.2 Å². The third-order valence-corrected chi connectivity index (χ3v) is 2.63. The van der Waals surface area contributed by atoms with Crippen molar-refractivity contribution in [3.05, 3.63) is 29.8 Å². The van der Waals surface area contributed by atoms with Crippen LogP contribution in [0.15, 0.2) is 29.3 Å². The predicted octanol–water partition coefficient (Wildman–Crippen LogP) is 2.09. The molecule has 23 heavy (non-hydrogen) atoms. The Labute approximate surface area is 155 Å². The summed E-state index contributed by atoms with van der Waals surface area (Å²) in [7, 11) is 0. The summed E-state index contributed by atoms with van der Waals surface area (Å²) in [5.41, 5.74) is 0.442. The number of benzene rings is 1. The molecule has 0 radical (unpaired) electrons. The van der Waals surface area contributed by atoms with E-state index in [0.29, 0.717) is 18.7 Å². The van der Waals surface area contributed by atoms with Crippen molar-refractivity contribution in [2.45, 2.75) is 33.2 Å². The Morgan fingerprint density at radius 3 is 2.30 bits per heavy atom. The monoisotopic (exact) mass is 434 g/mol. The molecule has 0 aromatic heterocycles. The highest BCUT2D eigenvalue weighted by Crippen LogP contribution is 2.09. The summed E-state index contributed by atoms with van der Waals surface area (Å²) < 4.78 is 0. The summed E-state index contributed by atoms with van der Waals surface area (Å²) in [6.07, 6.45) is 0. The summed E-state index contributed by atoms with van der Waals surface area (Å²) in [6, 6.07) is 6.14. The molecule has 0 saturated carbocycles. The zero-order chi connectivity index (χ0) is 16.6. The SMILES string of the molecule is CCNC(=NCCNC(=O)c1ccc(O)cc1)NC(C)(C)C.I. The quantitative estimate of drug-likeness (QED) is 0.248. The molecule has 4 N–H and O–H groups in total. The Kier molecular flexibility index (Phi) is 9.62. The van der Waals surface area contributed by atoms with Crippen LogP contribution in [0.1, 0.15) is 38.1 Å². The average molecular weight is 434 g/mol. The van der Waals surface area contributed by atoms with Gasteiger partial charge in [0.15, 0.2) is 5.96 Å². The fraction of sp³-hybridized carbons (Fsp3) is 0.500.